The summed E-state index contributed by atoms with van der Waals surface area (Å²) in [7, 11) is 0. The third-order valence-electron chi connectivity index (χ3n) is 3.95. The SMILES string of the molecule is CC(N)C1CCN(Cc2ccc(C#N)cc2Cl)CC1. The lowest BCUT2D eigenvalue weighted by atomic mass is 9.91. The predicted molar refractivity (Wildman–Crippen MR) is 77.8 cm³/mol. The van der Waals surface area contributed by atoms with E-state index in [-0.39, 0.29) is 0 Å². The Morgan fingerprint density at radius 3 is 2.68 bits per heavy atom. The quantitative estimate of drug-likeness (QED) is 0.924. The Balaban J connectivity index is 1.94. The second kappa shape index (κ2) is 6.38. The van der Waals surface area contributed by atoms with E-state index in [2.05, 4.69) is 17.9 Å². The number of benzene rings is 1. The van der Waals surface area contributed by atoms with Crippen LogP contribution in [0.5, 0.6) is 0 Å². The van der Waals surface area contributed by atoms with Crippen LogP contribution in [-0.4, -0.2) is 24.0 Å². The van der Waals surface area contributed by atoms with Crippen molar-refractivity contribution in [3.8, 4) is 6.07 Å². The maximum atomic E-state index is 8.82. The molecule has 3 nitrogen and oxygen atoms in total. The van der Waals surface area contributed by atoms with Crippen molar-refractivity contribution >= 4 is 11.6 Å². The van der Waals surface area contributed by atoms with Gasteiger partial charge in [0.2, 0.25) is 0 Å². The highest BCUT2D eigenvalue weighted by Gasteiger charge is 2.22. The minimum absolute atomic E-state index is 0.292. The molecule has 0 aliphatic carbocycles. The first kappa shape index (κ1) is 14.3. The van der Waals surface area contributed by atoms with Crippen LogP contribution in [0.1, 0.15) is 30.9 Å². The van der Waals surface area contributed by atoms with Crippen molar-refractivity contribution in [1.29, 1.82) is 5.26 Å². The highest BCUT2D eigenvalue weighted by Crippen LogP contribution is 2.24. The topological polar surface area (TPSA) is 53.0 Å². The van der Waals surface area contributed by atoms with Gasteiger partial charge in [0.15, 0.2) is 0 Å². The summed E-state index contributed by atoms with van der Waals surface area (Å²) in [5.41, 5.74) is 7.66. The van der Waals surface area contributed by atoms with Crippen LogP contribution in [0.4, 0.5) is 0 Å². The van der Waals surface area contributed by atoms with E-state index in [1.165, 1.54) is 0 Å². The molecule has 1 saturated heterocycles. The van der Waals surface area contributed by atoms with Gasteiger partial charge in [-0.1, -0.05) is 17.7 Å². The van der Waals surface area contributed by atoms with Gasteiger partial charge in [-0.05, 0) is 56.5 Å². The van der Waals surface area contributed by atoms with Crippen molar-refractivity contribution in [2.75, 3.05) is 13.1 Å². The zero-order chi connectivity index (χ0) is 13.8. The number of nitrogens with two attached hydrogens (primary N) is 1. The summed E-state index contributed by atoms with van der Waals surface area (Å²) in [6.07, 6.45) is 2.32. The van der Waals surface area contributed by atoms with Crippen LogP contribution in [0, 0.1) is 17.2 Å². The molecule has 2 rings (SSSR count). The third kappa shape index (κ3) is 3.70. The Kier molecular flexibility index (Phi) is 4.81. The lowest BCUT2D eigenvalue weighted by molar-refractivity contribution is 0.166. The summed E-state index contributed by atoms with van der Waals surface area (Å²) >= 11 is 6.21. The van der Waals surface area contributed by atoms with E-state index >= 15 is 0 Å². The molecule has 102 valence electrons. The van der Waals surface area contributed by atoms with E-state index in [0.717, 1.165) is 38.0 Å². The standard InChI is InChI=1S/C15H20ClN3/c1-11(18)13-4-6-19(7-5-13)10-14-3-2-12(9-17)8-15(14)16/h2-3,8,11,13H,4-7,10,18H2,1H3. The summed E-state index contributed by atoms with van der Waals surface area (Å²) in [6.45, 7) is 5.10. The number of nitriles is 1. The minimum atomic E-state index is 0.292. The summed E-state index contributed by atoms with van der Waals surface area (Å²) in [6, 6.07) is 7.93. The molecule has 0 radical (unpaired) electrons. The van der Waals surface area contributed by atoms with E-state index in [4.69, 9.17) is 22.6 Å². The van der Waals surface area contributed by atoms with Gasteiger partial charge in [0.25, 0.3) is 0 Å². The van der Waals surface area contributed by atoms with Gasteiger partial charge in [-0.3, -0.25) is 4.90 Å². The van der Waals surface area contributed by atoms with Crippen LogP contribution >= 0.6 is 11.6 Å². The van der Waals surface area contributed by atoms with Crippen molar-refractivity contribution < 1.29 is 0 Å². The van der Waals surface area contributed by atoms with E-state index in [9.17, 15) is 0 Å². The normalized spacial score (nSPS) is 19.1. The van der Waals surface area contributed by atoms with Gasteiger partial charge in [-0.25, -0.2) is 0 Å². The van der Waals surface area contributed by atoms with Gasteiger partial charge in [0, 0.05) is 17.6 Å². The molecule has 0 saturated carbocycles. The van der Waals surface area contributed by atoms with Crippen LogP contribution < -0.4 is 5.73 Å². The molecule has 1 aromatic carbocycles. The lowest BCUT2D eigenvalue weighted by Gasteiger charge is -2.33. The molecule has 2 N–H and O–H groups in total. The average Bonchev–Trinajstić information content (AvgIpc) is 2.41. The Labute approximate surface area is 120 Å². The van der Waals surface area contributed by atoms with Crippen LogP contribution in [0.2, 0.25) is 5.02 Å². The first-order valence-electron chi connectivity index (χ1n) is 6.76. The molecule has 19 heavy (non-hydrogen) atoms. The molecule has 1 fully saturated rings. The van der Waals surface area contributed by atoms with Crippen molar-refractivity contribution in [2.24, 2.45) is 11.7 Å². The fraction of sp³-hybridized carbons (Fsp3) is 0.533. The van der Waals surface area contributed by atoms with Crippen LogP contribution in [-0.2, 0) is 6.54 Å². The Bertz CT molecular complexity index is 471. The number of halogens is 1. The zero-order valence-electron chi connectivity index (χ0n) is 11.3. The zero-order valence-corrected chi connectivity index (χ0v) is 12.0. The van der Waals surface area contributed by atoms with E-state index in [1.807, 2.05) is 12.1 Å². The first-order chi connectivity index (χ1) is 9.10. The van der Waals surface area contributed by atoms with Crippen molar-refractivity contribution in [3.05, 3.63) is 34.3 Å². The fourth-order valence-electron chi connectivity index (χ4n) is 2.62. The number of hydrogen-bond donors (Lipinski definition) is 1. The first-order valence-corrected chi connectivity index (χ1v) is 7.14. The summed E-state index contributed by atoms with van der Waals surface area (Å²) in [5.74, 6) is 0.646. The second-order valence-electron chi connectivity index (χ2n) is 5.39. The molecule has 1 aliphatic rings. The van der Waals surface area contributed by atoms with Gasteiger partial charge in [0.05, 0.1) is 11.6 Å². The number of rotatable bonds is 3. The fourth-order valence-corrected chi connectivity index (χ4v) is 2.86. The van der Waals surface area contributed by atoms with Crippen LogP contribution in [0.25, 0.3) is 0 Å². The van der Waals surface area contributed by atoms with E-state index in [0.29, 0.717) is 22.5 Å². The molecule has 0 bridgehead atoms. The van der Waals surface area contributed by atoms with Crippen molar-refractivity contribution in [3.63, 3.8) is 0 Å². The maximum Gasteiger partial charge on any atom is 0.0992 e. The molecule has 1 unspecified atom stereocenters. The van der Waals surface area contributed by atoms with E-state index in [1.54, 1.807) is 6.07 Å². The molecule has 0 amide bonds. The highest BCUT2D eigenvalue weighted by atomic mass is 35.5. The van der Waals surface area contributed by atoms with Crippen molar-refractivity contribution in [1.82, 2.24) is 4.90 Å². The molecular weight excluding hydrogens is 258 g/mol. The summed E-state index contributed by atoms with van der Waals surface area (Å²) < 4.78 is 0. The number of piperidine rings is 1. The molecule has 0 spiro atoms. The minimum Gasteiger partial charge on any atom is -0.328 e. The third-order valence-corrected chi connectivity index (χ3v) is 4.30. The summed E-state index contributed by atoms with van der Waals surface area (Å²) in [5, 5.41) is 9.51. The monoisotopic (exact) mass is 277 g/mol. The summed E-state index contributed by atoms with van der Waals surface area (Å²) in [4.78, 5) is 2.41. The number of likely N-dealkylation sites (tertiary alicyclic amines) is 1. The number of hydrogen-bond acceptors (Lipinski definition) is 3. The van der Waals surface area contributed by atoms with Gasteiger partial charge >= 0.3 is 0 Å². The molecule has 1 heterocycles. The second-order valence-corrected chi connectivity index (χ2v) is 5.80. The van der Waals surface area contributed by atoms with Gasteiger partial charge in [-0.15, -0.1) is 0 Å². The lowest BCUT2D eigenvalue weighted by Crippen LogP contribution is -2.39. The molecule has 1 atom stereocenters. The molecule has 4 heteroatoms. The van der Waals surface area contributed by atoms with Crippen LogP contribution in [0.15, 0.2) is 18.2 Å². The Morgan fingerprint density at radius 1 is 1.47 bits per heavy atom. The largest absolute Gasteiger partial charge is 0.328 e. The molecule has 0 aromatic heterocycles. The van der Waals surface area contributed by atoms with Gasteiger partial charge in [0.1, 0.15) is 0 Å². The average molecular weight is 278 g/mol. The van der Waals surface area contributed by atoms with Gasteiger partial charge < -0.3 is 5.73 Å². The molecule has 1 aliphatic heterocycles. The Hall–Kier alpha value is -1.08. The molecular formula is C15H20ClN3. The number of nitrogens with zero attached hydrogens (tertiary/aromatic N) is 2. The maximum absolute atomic E-state index is 8.82. The molecule has 1 aromatic rings. The van der Waals surface area contributed by atoms with E-state index < -0.39 is 0 Å². The van der Waals surface area contributed by atoms with Crippen molar-refractivity contribution in [2.45, 2.75) is 32.4 Å². The predicted octanol–water partition coefficient (Wildman–Crippen LogP) is 2.77. The smallest absolute Gasteiger partial charge is 0.0992 e. The highest BCUT2D eigenvalue weighted by molar-refractivity contribution is 6.31. The van der Waals surface area contributed by atoms with Crippen LogP contribution in [0.3, 0.4) is 0 Å². The Morgan fingerprint density at radius 2 is 2.16 bits per heavy atom. The van der Waals surface area contributed by atoms with Gasteiger partial charge in [-0.2, -0.15) is 5.26 Å².